The number of aryl methyl sites for hydroxylation is 1. The maximum Gasteiger partial charge on any atom is 0.416 e. The van der Waals surface area contributed by atoms with Crippen LogP contribution in [0.4, 0.5) is 22.0 Å². The molecule has 5 heteroatoms. The minimum Gasteiger partial charge on any atom is -0.206 e. The molecular formula is C27H23F5. The number of alkyl halides is 3. The lowest BCUT2D eigenvalue weighted by molar-refractivity contribution is -0.137. The molecule has 0 N–H and O–H groups in total. The van der Waals surface area contributed by atoms with Crippen molar-refractivity contribution < 1.29 is 22.0 Å². The van der Waals surface area contributed by atoms with Gasteiger partial charge in [-0.15, -0.1) is 0 Å². The van der Waals surface area contributed by atoms with Gasteiger partial charge in [0.05, 0.1) is 5.56 Å². The third-order valence-corrected chi connectivity index (χ3v) is 5.94. The van der Waals surface area contributed by atoms with E-state index in [1.807, 2.05) is 6.07 Å². The molecule has 0 unspecified atom stereocenters. The molecule has 0 aromatic heterocycles. The van der Waals surface area contributed by atoms with Crippen molar-refractivity contribution in [2.75, 3.05) is 0 Å². The molecule has 0 aliphatic rings. The van der Waals surface area contributed by atoms with E-state index in [-0.39, 0.29) is 11.2 Å². The summed E-state index contributed by atoms with van der Waals surface area (Å²) in [5, 5.41) is 1.76. The Morgan fingerprint density at radius 1 is 0.656 bits per heavy atom. The molecule has 4 rings (SSSR count). The highest BCUT2D eigenvalue weighted by Gasteiger charge is 2.30. The Morgan fingerprint density at radius 2 is 1.31 bits per heavy atom. The van der Waals surface area contributed by atoms with E-state index < -0.39 is 17.6 Å². The van der Waals surface area contributed by atoms with Crippen LogP contribution in [-0.4, -0.2) is 0 Å². The molecule has 0 bridgehead atoms. The fourth-order valence-electron chi connectivity index (χ4n) is 4.16. The Hall–Kier alpha value is -2.95. The van der Waals surface area contributed by atoms with E-state index in [2.05, 4.69) is 6.92 Å². The second-order valence-electron chi connectivity index (χ2n) is 8.14. The number of halogens is 5. The SMILES string of the molecule is CCCCCCc1ccc2c(cc(F)c3cc(-c4ccc(C(F)(F)F)cc4)ccc32)c1F. The quantitative estimate of drug-likeness (QED) is 0.159. The van der Waals surface area contributed by atoms with Crippen LogP contribution in [0.2, 0.25) is 0 Å². The molecule has 0 aliphatic carbocycles. The lowest BCUT2D eigenvalue weighted by Crippen LogP contribution is -2.03. The van der Waals surface area contributed by atoms with Crippen molar-refractivity contribution in [1.29, 1.82) is 0 Å². The summed E-state index contributed by atoms with van der Waals surface area (Å²) in [4.78, 5) is 0. The third kappa shape index (κ3) is 4.34. The summed E-state index contributed by atoms with van der Waals surface area (Å²) in [6.07, 6.45) is 0.345. The van der Waals surface area contributed by atoms with Crippen molar-refractivity contribution in [2.45, 2.75) is 45.2 Å². The van der Waals surface area contributed by atoms with Crippen molar-refractivity contribution >= 4 is 21.5 Å². The summed E-state index contributed by atoms with van der Waals surface area (Å²) in [7, 11) is 0. The Morgan fingerprint density at radius 3 is 2.00 bits per heavy atom. The molecule has 0 saturated heterocycles. The number of rotatable bonds is 6. The number of hydrogen-bond acceptors (Lipinski definition) is 0. The minimum atomic E-state index is -4.41. The second-order valence-corrected chi connectivity index (χ2v) is 8.14. The molecule has 32 heavy (non-hydrogen) atoms. The maximum absolute atomic E-state index is 15.1. The first-order valence-corrected chi connectivity index (χ1v) is 10.8. The van der Waals surface area contributed by atoms with E-state index in [0.717, 1.165) is 37.8 Å². The molecule has 0 atom stereocenters. The average molecular weight is 442 g/mol. The van der Waals surface area contributed by atoms with Crippen LogP contribution < -0.4 is 0 Å². The Bertz CT molecular complexity index is 1250. The lowest BCUT2D eigenvalue weighted by atomic mass is 9.94. The highest BCUT2D eigenvalue weighted by Crippen LogP contribution is 2.35. The summed E-state index contributed by atoms with van der Waals surface area (Å²) in [6, 6.07) is 14.6. The highest BCUT2D eigenvalue weighted by molar-refractivity contribution is 6.09. The van der Waals surface area contributed by atoms with Crippen LogP contribution in [0.1, 0.15) is 43.7 Å². The number of hydrogen-bond donors (Lipinski definition) is 0. The summed E-state index contributed by atoms with van der Waals surface area (Å²) >= 11 is 0. The van der Waals surface area contributed by atoms with Crippen LogP contribution >= 0.6 is 0 Å². The molecule has 0 nitrogen and oxygen atoms in total. The van der Waals surface area contributed by atoms with Crippen LogP contribution in [0.3, 0.4) is 0 Å². The zero-order chi connectivity index (χ0) is 22.9. The van der Waals surface area contributed by atoms with E-state index in [9.17, 15) is 17.6 Å². The number of unbranched alkanes of at least 4 members (excludes halogenated alkanes) is 3. The molecule has 0 fully saturated rings. The van der Waals surface area contributed by atoms with Gasteiger partial charge in [-0.3, -0.25) is 0 Å². The first-order chi connectivity index (χ1) is 15.3. The van der Waals surface area contributed by atoms with Gasteiger partial charge in [-0.2, -0.15) is 13.2 Å². The highest BCUT2D eigenvalue weighted by atomic mass is 19.4. The topological polar surface area (TPSA) is 0 Å². The molecule has 0 aliphatic heterocycles. The average Bonchev–Trinajstić information content (AvgIpc) is 2.78. The monoisotopic (exact) mass is 442 g/mol. The Labute approximate surface area is 183 Å². The summed E-state index contributed by atoms with van der Waals surface area (Å²) in [6.45, 7) is 2.12. The van der Waals surface area contributed by atoms with Crippen molar-refractivity contribution in [3.63, 3.8) is 0 Å². The Balaban J connectivity index is 1.73. The van der Waals surface area contributed by atoms with Crippen LogP contribution in [0.25, 0.3) is 32.7 Å². The van der Waals surface area contributed by atoms with Gasteiger partial charge in [-0.05, 0) is 64.6 Å². The molecule has 0 saturated carbocycles. The smallest absolute Gasteiger partial charge is 0.206 e. The molecular weight excluding hydrogens is 419 g/mol. The second kappa shape index (κ2) is 8.89. The van der Waals surface area contributed by atoms with Crippen molar-refractivity contribution in [3.05, 3.63) is 83.4 Å². The molecule has 4 aromatic rings. The Kier molecular flexibility index (Phi) is 6.18. The predicted octanol–water partition coefficient (Wildman–Crippen LogP) is 9.08. The fraction of sp³-hybridized carbons (Fsp3) is 0.259. The van der Waals surface area contributed by atoms with Crippen LogP contribution in [0.15, 0.2) is 60.7 Å². The largest absolute Gasteiger partial charge is 0.416 e. The van der Waals surface area contributed by atoms with Gasteiger partial charge >= 0.3 is 6.18 Å². The zero-order valence-electron chi connectivity index (χ0n) is 17.7. The number of benzene rings is 4. The van der Waals surface area contributed by atoms with Gasteiger partial charge in [0.25, 0.3) is 0 Å². The molecule has 4 aromatic carbocycles. The van der Waals surface area contributed by atoms with E-state index in [4.69, 9.17) is 0 Å². The molecule has 0 amide bonds. The van der Waals surface area contributed by atoms with Gasteiger partial charge in [0.2, 0.25) is 0 Å². The van der Waals surface area contributed by atoms with Gasteiger partial charge in [0, 0.05) is 10.8 Å². The third-order valence-electron chi connectivity index (χ3n) is 5.94. The minimum absolute atomic E-state index is 0.255. The predicted molar refractivity (Wildman–Crippen MR) is 120 cm³/mol. The normalized spacial score (nSPS) is 12.1. The van der Waals surface area contributed by atoms with Gasteiger partial charge in [-0.25, -0.2) is 8.78 Å². The van der Waals surface area contributed by atoms with Gasteiger partial charge in [0.15, 0.2) is 0 Å². The summed E-state index contributed by atoms with van der Waals surface area (Å²) < 4.78 is 68.5. The van der Waals surface area contributed by atoms with Crippen molar-refractivity contribution in [1.82, 2.24) is 0 Å². The summed E-state index contributed by atoms with van der Waals surface area (Å²) in [5.74, 6) is -0.935. The standard InChI is InChI=1S/C27H23F5/c1-2-3-4-5-6-18-9-13-22-21-14-10-19(15-23(21)25(28)16-24(22)26(18)29)17-7-11-20(12-8-17)27(30,31)32/h7-16H,2-6H2,1H3. The molecule has 166 valence electrons. The summed E-state index contributed by atoms with van der Waals surface area (Å²) in [5.41, 5.74) is 0.999. The van der Waals surface area contributed by atoms with E-state index in [1.54, 1.807) is 24.3 Å². The van der Waals surface area contributed by atoms with Crippen molar-refractivity contribution in [3.8, 4) is 11.1 Å². The molecule has 0 heterocycles. The van der Waals surface area contributed by atoms with E-state index in [1.165, 1.54) is 18.2 Å². The van der Waals surface area contributed by atoms with Gasteiger partial charge < -0.3 is 0 Å². The number of fused-ring (bicyclic) bond motifs is 3. The van der Waals surface area contributed by atoms with E-state index in [0.29, 0.717) is 39.3 Å². The van der Waals surface area contributed by atoms with Crippen LogP contribution in [-0.2, 0) is 12.6 Å². The van der Waals surface area contributed by atoms with Gasteiger partial charge in [-0.1, -0.05) is 62.6 Å². The lowest BCUT2D eigenvalue weighted by Gasteiger charge is -2.12. The zero-order valence-corrected chi connectivity index (χ0v) is 17.7. The van der Waals surface area contributed by atoms with Gasteiger partial charge in [0.1, 0.15) is 11.6 Å². The van der Waals surface area contributed by atoms with Crippen LogP contribution in [0, 0.1) is 11.6 Å². The molecule has 0 spiro atoms. The first kappa shape index (κ1) is 22.3. The fourth-order valence-corrected chi connectivity index (χ4v) is 4.16. The maximum atomic E-state index is 15.1. The molecule has 0 radical (unpaired) electrons. The van der Waals surface area contributed by atoms with E-state index >= 15 is 4.39 Å². The first-order valence-electron chi connectivity index (χ1n) is 10.8. The van der Waals surface area contributed by atoms with Crippen molar-refractivity contribution in [2.24, 2.45) is 0 Å². The van der Waals surface area contributed by atoms with Crippen LogP contribution in [0.5, 0.6) is 0 Å².